The molecular formula is C22H29FN4O2S2. The van der Waals surface area contributed by atoms with Crippen molar-refractivity contribution >= 4 is 43.2 Å². The second kappa shape index (κ2) is 8.41. The minimum Gasteiger partial charge on any atom is -0.381 e. The van der Waals surface area contributed by atoms with Gasteiger partial charge in [-0.15, -0.1) is 11.8 Å². The number of hydrogen-bond donors (Lipinski definition) is 2. The van der Waals surface area contributed by atoms with E-state index in [-0.39, 0.29) is 29.4 Å². The van der Waals surface area contributed by atoms with Gasteiger partial charge in [0, 0.05) is 36.3 Å². The van der Waals surface area contributed by atoms with Gasteiger partial charge in [0.2, 0.25) is 0 Å². The smallest absolute Gasteiger partial charge is 0.152 e. The molecule has 0 radical (unpaired) electrons. The zero-order chi connectivity index (χ0) is 21.6. The topological polar surface area (TPSA) is 77.6 Å². The third-order valence-corrected chi connectivity index (χ3v) is 9.54. The molecule has 2 aliphatic heterocycles. The van der Waals surface area contributed by atoms with Crippen molar-refractivity contribution in [2.24, 2.45) is 4.99 Å². The summed E-state index contributed by atoms with van der Waals surface area (Å²) in [6.07, 6.45) is 4.71. The Balaban J connectivity index is 1.35. The van der Waals surface area contributed by atoms with Gasteiger partial charge >= 0.3 is 0 Å². The normalized spacial score (nSPS) is 25.7. The van der Waals surface area contributed by atoms with Crippen LogP contribution in [0.5, 0.6) is 0 Å². The van der Waals surface area contributed by atoms with Crippen LogP contribution in [0.4, 0.5) is 10.1 Å². The molecule has 0 spiro atoms. The van der Waals surface area contributed by atoms with Gasteiger partial charge in [0.05, 0.1) is 34.4 Å². The molecule has 9 heteroatoms. The number of aromatic amines is 1. The molecule has 1 aromatic heterocycles. The first-order valence-corrected chi connectivity index (χ1v) is 13.9. The molecule has 0 amide bonds. The van der Waals surface area contributed by atoms with E-state index < -0.39 is 9.84 Å². The Kier molecular flexibility index (Phi) is 5.77. The molecule has 1 aromatic carbocycles. The van der Waals surface area contributed by atoms with Crippen molar-refractivity contribution in [1.29, 1.82) is 0 Å². The van der Waals surface area contributed by atoms with E-state index in [0.717, 1.165) is 45.9 Å². The van der Waals surface area contributed by atoms with Crippen LogP contribution in [0.3, 0.4) is 0 Å². The third kappa shape index (κ3) is 4.50. The molecule has 0 bridgehead atoms. The van der Waals surface area contributed by atoms with E-state index in [1.54, 1.807) is 23.9 Å². The van der Waals surface area contributed by atoms with Gasteiger partial charge in [-0.05, 0) is 38.0 Å². The Labute approximate surface area is 187 Å². The van der Waals surface area contributed by atoms with Crippen LogP contribution in [0.25, 0.3) is 10.9 Å². The first-order chi connectivity index (χ1) is 14.9. The van der Waals surface area contributed by atoms with Crippen LogP contribution in [-0.4, -0.2) is 71.8 Å². The van der Waals surface area contributed by atoms with Gasteiger partial charge in [0.1, 0.15) is 10.9 Å². The van der Waals surface area contributed by atoms with Crippen molar-refractivity contribution in [3.63, 3.8) is 0 Å². The minimum absolute atomic E-state index is 0.125. The number of fused-ring (bicyclic) bond motifs is 1. The predicted octanol–water partition coefficient (Wildman–Crippen LogP) is 3.64. The van der Waals surface area contributed by atoms with Gasteiger partial charge in [-0.25, -0.2) is 12.8 Å². The molecule has 3 aliphatic rings. The molecule has 6 nitrogen and oxygen atoms in total. The molecule has 2 unspecified atom stereocenters. The maximum atomic E-state index is 14.2. The number of aromatic nitrogens is 1. The van der Waals surface area contributed by atoms with Gasteiger partial charge in [0.15, 0.2) is 9.84 Å². The summed E-state index contributed by atoms with van der Waals surface area (Å²) in [6.45, 7) is 3.30. The number of halogens is 1. The van der Waals surface area contributed by atoms with Crippen molar-refractivity contribution in [1.82, 2.24) is 9.88 Å². The summed E-state index contributed by atoms with van der Waals surface area (Å²) >= 11 is 1.71. The molecule has 2 aromatic rings. The predicted molar refractivity (Wildman–Crippen MR) is 127 cm³/mol. The monoisotopic (exact) mass is 464 g/mol. The van der Waals surface area contributed by atoms with E-state index in [2.05, 4.69) is 22.1 Å². The highest BCUT2D eigenvalue weighted by molar-refractivity contribution is 8.14. The van der Waals surface area contributed by atoms with E-state index in [9.17, 15) is 12.8 Å². The lowest BCUT2D eigenvalue weighted by Crippen LogP contribution is -2.49. The van der Waals surface area contributed by atoms with Crippen molar-refractivity contribution in [2.45, 2.75) is 50.7 Å². The van der Waals surface area contributed by atoms with Gasteiger partial charge in [-0.1, -0.05) is 12.8 Å². The van der Waals surface area contributed by atoms with Crippen molar-refractivity contribution in [3.05, 3.63) is 29.7 Å². The molecule has 2 fully saturated rings. The van der Waals surface area contributed by atoms with Crippen molar-refractivity contribution < 1.29 is 12.8 Å². The summed E-state index contributed by atoms with van der Waals surface area (Å²) < 4.78 is 37.7. The van der Waals surface area contributed by atoms with Crippen LogP contribution in [0.15, 0.2) is 23.2 Å². The largest absolute Gasteiger partial charge is 0.381 e. The van der Waals surface area contributed by atoms with E-state index in [0.29, 0.717) is 19.1 Å². The summed E-state index contributed by atoms with van der Waals surface area (Å²) in [7, 11) is -2.88. The van der Waals surface area contributed by atoms with Crippen molar-refractivity contribution in [3.8, 4) is 0 Å². The Morgan fingerprint density at radius 3 is 2.71 bits per heavy atom. The van der Waals surface area contributed by atoms with Gasteiger partial charge in [0.25, 0.3) is 0 Å². The Bertz CT molecular complexity index is 1090. The highest BCUT2D eigenvalue weighted by Gasteiger charge is 2.32. The summed E-state index contributed by atoms with van der Waals surface area (Å²) in [6, 6.07) is 5.88. The second-order valence-electron chi connectivity index (χ2n) is 8.97. The summed E-state index contributed by atoms with van der Waals surface area (Å²) in [5, 5.41) is 5.34. The molecule has 1 aliphatic carbocycles. The van der Waals surface area contributed by atoms with Crippen LogP contribution in [0.1, 0.15) is 38.3 Å². The number of rotatable bonds is 5. The molecule has 168 valence electrons. The Morgan fingerprint density at radius 2 is 1.97 bits per heavy atom. The summed E-state index contributed by atoms with van der Waals surface area (Å²) in [4.78, 5) is 10.7. The van der Waals surface area contributed by atoms with Gasteiger partial charge in [-0.2, -0.15) is 0 Å². The second-order valence-corrected chi connectivity index (χ2v) is 12.3. The van der Waals surface area contributed by atoms with E-state index >= 15 is 0 Å². The fourth-order valence-electron chi connectivity index (χ4n) is 4.89. The molecule has 5 rings (SSSR count). The van der Waals surface area contributed by atoms with Crippen LogP contribution < -0.4 is 5.32 Å². The van der Waals surface area contributed by atoms with Crippen LogP contribution in [0.2, 0.25) is 0 Å². The number of H-pyrrole nitrogens is 1. The number of sulfone groups is 1. The maximum Gasteiger partial charge on any atom is 0.152 e. The highest BCUT2D eigenvalue weighted by Crippen LogP contribution is 2.33. The number of thioether (sulfide) groups is 1. The number of nitrogens with one attached hydrogen (secondary N) is 2. The number of nitrogens with zero attached hydrogens (tertiary/aromatic N) is 2. The first kappa shape index (κ1) is 21.3. The maximum absolute atomic E-state index is 14.2. The fourth-order valence-corrected chi connectivity index (χ4v) is 7.27. The summed E-state index contributed by atoms with van der Waals surface area (Å²) in [5.41, 5.74) is 2.69. The Morgan fingerprint density at radius 1 is 1.23 bits per heavy atom. The molecular weight excluding hydrogens is 435 g/mol. The van der Waals surface area contributed by atoms with Crippen LogP contribution in [0, 0.1) is 5.82 Å². The van der Waals surface area contributed by atoms with Crippen molar-refractivity contribution in [2.75, 3.05) is 35.7 Å². The molecule has 1 saturated carbocycles. The molecule has 2 N–H and O–H groups in total. The number of aliphatic imine (C=N–C) groups is 1. The molecule has 3 heterocycles. The number of hydrogen-bond acceptors (Lipinski definition) is 6. The zero-order valence-electron chi connectivity index (χ0n) is 17.7. The SMILES string of the molecule is CC(C1CSC(c2cc3cc(F)cc(NC4CCCC4)c3[nH]2)=N1)N1CCS(=O)(=O)CC1. The molecule has 1 saturated heterocycles. The van der Waals surface area contributed by atoms with Gasteiger partial charge in [-0.3, -0.25) is 9.89 Å². The summed E-state index contributed by atoms with van der Waals surface area (Å²) in [5.74, 6) is 1.11. The van der Waals surface area contributed by atoms with E-state index in [1.165, 1.54) is 12.8 Å². The highest BCUT2D eigenvalue weighted by atomic mass is 32.2. The lowest BCUT2D eigenvalue weighted by atomic mass is 10.1. The average molecular weight is 465 g/mol. The Hall–Kier alpha value is -1.58. The number of benzene rings is 1. The minimum atomic E-state index is -2.88. The zero-order valence-corrected chi connectivity index (χ0v) is 19.4. The third-order valence-electron chi connectivity index (χ3n) is 6.82. The average Bonchev–Trinajstić information content (AvgIpc) is 3.47. The fraction of sp³-hybridized carbons (Fsp3) is 0.591. The first-order valence-electron chi connectivity index (χ1n) is 11.1. The van der Waals surface area contributed by atoms with Gasteiger partial charge < -0.3 is 10.3 Å². The molecule has 31 heavy (non-hydrogen) atoms. The molecule has 2 atom stereocenters. The van der Waals surface area contributed by atoms with E-state index in [1.807, 2.05) is 6.07 Å². The van der Waals surface area contributed by atoms with Crippen LogP contribution in [-0.2, 0) is 9.84 Å². The van der Waals surface area contributed by atoms with Crippen LogP contribution >= 0.6 is 11.8 Å². The lowest BCUT2D eigenvalue weighted by molar-refractivity contribution is 0.207. The quantitative estimate of drug-likeness (QED) is 0.706. The number of anilines is 1. The van der Waals surface area contributed by atoms with E-state index in [4.69, 9.17) is 4.99 Å². The lowest BCUT2D eigenvalue weighted by Gasteiger charge is -2.34. The standard InChI is InChI=1S/C22H29FN4O2S2/c1-14(27-6-8-31(28,29)9-7-27)20-13-30-22(26-20)19-11-15-10-16(23)12-18(21(15)25-19)24-17-4-2-3-5-17/h10-12,14,17,20,24-25H,2-9,13H2,1H3.